The molecule has 2 amide bonds. The molecule has 3 aromatic carbocycles. The largest absolute Gasteiger partial charge is 0.493 e. The summed E-state index contributed by atoms with van der Waals surface area (Å²) in [5, 5.41) is 8.69. The van der Waals surface area contributed by atoms with Gasteiger partial charge < -0.3 is 10.1 Å². The van der Waals surface area contributed by atoms with Crippen LogP contribution >= 0.6 is 0 Å². The zero-order valence-electron chi connectivity index (χ0n) is 19.0. The van der Waals surface area contributed by atoms with Crippen LogP contribution in [0.25, 0.3) is 10.8 Å². The van der Waals surface area contributed by atoms with Crippen molar-refractivity contribution in [3.05, 3.63) is 77.6 Å². The first kappa shape index (κ1) is 23.9. The zero-order chi connectivity index (χ0) is 23.8. The summed E-state index contributed by atoms with van der Waals surface area (Å²) >= 11 is 0. The van der Waals surface area contributed by atoms with E-state index in [0.717, 1.165) is 22.8 Å². The fourth-order valence-corrected chi connectivity index (χ4v) is 3.38. The summed E-state index contributed by atoms with van der Waals surface area (Å²) in [4.78, 5) is 25.3. The number of nitrogens with one attached hydrogen (secondary N) is 2. The third kappa shape index (κ3) is 5.94. The Morgan fingerprint density at radius 1 is 1.06 bits per heavy atom. The molecule has 0 saturated heterocycles. The number of carbonyl (C=O) groups is 2. The molecule has 0 aliphatic rings. The van der Waals surface area contributed by atoms with Crippen LogP contribution in [0.2, 0.25) is 0 Å². The molecule has 0 bridgehead atoms. The lowest BCUT2D eigenvalue weighted by Gasteiger charge is -2.20. The molecule has 33 heavy (non-hydrogen) atoms. The molecule has 0 aliphatic carbocycles. The summed E-state index contributed by atoms with van der Waals surface area (Å²) in [6, 6.07) is 16.4. The Kier molecular flexibility index (Phi) is 8.13. The molecule has 7 heteroatoms. The van der Waals surface area contributed by atoms with Gasteiger partial charge in [-0.1, -0.05) is 63.2 Å². The maximum absolute atomic E-state index is 13.9. The summed E-state index contributed by atoms with van der Waals surface area (Å²) < 4.78 is 19.8. The Morgan fingerprint density at radius 3 is 2.52 bits per heavy atom. The molecule has 0 radical (unpaired) electrons. The standard InChI is InChI=1S/C26H28FN3O3/c1-4-15-33-23-14-13-18-9-5-6-10-19(18)21(23)16-28-30-26(32)24(17(2)3)29-25(31)20-11-7-8-12-22(20)27/h5-14,16-17,24H,4,15H2,1-3H3,(H,29,31)(H,30,32)/b28-16+. The van der Waals surface area contributed by atoms with Crippen LogP contribution in [0.4, 0.5) is 4.39 Å². The molecular formula is C26H28FN3O3. The molecule has 2 N–H and O–H groups in total. The average Bonchev–Trinajstić information content (AvgIpc) is 2.81. The van der Waals surface area contributed by atoms with Crippen LogP contribution in [0.1, 0.15) is 43.1 Å². The molecule has 6 nitrogen and oxygen atoms in total. The van der Waals surface area contributed by atoms with Gasteiger partial charge in [0.25, 0.3) is 11.8 Å². The van der Waals surface area contributed by atoms with Gasteiger partial charge in [0.05, 0.1) is 18.4 Å². The molecule has 0 heterocycles. The molecule has 1 unspecified atom stereocenters. The Bertz CT molecular complexity index is 1160. The van der Waals surface area contributed by atoms with E-state index in [9.17, 15) is 14.0 Å². The van der Waals surface area contributed by atoms with Crippen LogP contribution in [0, 0.1) is 11.7 Å². The highest BCUT2D eigenvalue weighted by molar-refractivity contribution is 6.03. The van der Waals surface area contributed by atoms with Gasteiger partial charge in [0.2, 0.25) is 0 Å². The molecule has 0 saturated carbocycles. The number of hydrogen-bond acceptors (Lipinski definition) is 4. The van der Waals surface area contributed by atoms with Gasteiger partial charge in [0.15, 0.2) is 0 Å². The number of halogens is 1. The van der Waals surface area contributed by atoms with Gasteiger partial charge in [-0.3, -0.25) is 9.59 Å². The van der Waals surface area contributed by atoms with Crippen molar-refractivity contribution in [2.45, 2.75) is 33.2 Å². The van der Waals surface area contributed by atoms with Crippen molar-refractivity contribution in [2.75, 3.05) is 6.61 Å². The van der Waals surface area contributed by atoms with Crippen LogP contribution in [0.3, 0.4) is 0 Å². The topological polar surface area (TPSA) is 79.8 Å². The Balaban J connectivity index is 1.78. The Morgan fingerprint density at radius 2 is 1.79 bits per heavy atom. The molecule has 172 valence electrons. The Hall–Kier alpha value is -3.74. The molecule has 0 fully saturated rings. The van der Waals surface area contributed by atoms with Crippen molar-refractivity contribution in [2.24, 2.45) is 11.0 Å². The van der Waals surface area contributed by atoms with Crippen LogP contribution in [0.15, 0.2) is 65.8 Å². The molecule has 0 spiro atoms. The lowest BCUT2D eigenvalue weighted by atomic mass is 10.0. The fraction of sp³-hybridized carbons (Fsp3) is 0.269. The first-order valence-electron chi connectivity index (χ1n) is 10.9. The maximum atomic E-state index is 13.9. The molecule has 0 aliphatic heterocycles. The van der Waals surface area contributed by atoms with Crippen LogP contribution in [0.5, 0.6) is 5.75 Å². The van der Waals surface area contributed by atoms with E-state index in [1.807, 2.05) is 43.3 Å². The van der Waals surface area contributed by atoms with Crippen LogP contribution in [-0.4, -0.2) is 30.7 Å². The summed E-state index contributed by atoms with van der Waals surface area (Å²) in [5.41, 5.74) is 3.13. The quantitative estimate of drug-likeness (QED) is 0.368. The van der Waals surface area contributed by atoms with E-state index in [-0.39, 0.29) is 11.5 Å². The van der Waals surface area contributed by atoms with Crippen molar-refractivity contribution in [3.63, 3.8) is 0 Å². The highest BCUT2D eigenvalue weighted by Gasteiger charge is 2.25. The fourth-order valence-electron chi connectivity index (χ4n) is 3.38. The van der Waals surface area contributed by atoms with Gasteiger partial charge >= 0.3 is 0 Å². The number of amides is 2. The number of hydrazone groups is 1. The molecule has 3 rings (SSSR count). The van der Waals surface area contributed by atoms with Crippen LogP contribution < -0.4 is 15.5 Å². The predicted molar refractivity (Wildman–Crippen MR) is 128 cm³/mol. The third-order valence-electron chi connectivity index (χ3n) is 5.11. The SMILES string of the molecule is CCCOc1ccc2ccccc2c1/C=N/NC(=O)C(NC(=O)c1ccccc1F)C(C)C. The lowest BCUT2D eigenvalue weighted by molar-refractivity contribution is -0.123. The molecule has 1 atom stereocenters. The first-order valence-corrected chi connectivity index (χ1v) is 10.9. The average molecular weight is 450 g/mol. The minimum atomic E-state index is -0.891. The molecule has 0 aromatic heterocycles. The monoisotopic (exact) mass is 449 g/mol. The predicted octanol–water partition coefficient (Wildman–Crippen LogP) is 4.67. The second kappa shape index (κ2) is 11.2. The summed E-state index contributed by atoms with van der Waals surface area (Å²) in [6.07, 6.45) is 2.40. The van der Waals surface area contributed by atoms with E-state index in [0.29, 0.717) is 12.4 Å². The van der Waals surface area contributed by atoms with Gasteiger partial charge in [-0.15, -0.1) is 0 Å². The van der Waals surface area contributed by atoms with E-state index < -0.39 is 23.7 Å². The number of nitrogens with zero attached hydrogens (tertiary/aromatic N) is 1. The van der Waals surface area contributed by atoms with E-state index in [4.69, 9.17) is 4.74 Å². The highest BCUT2D eigenvalue weighted by atomic mass is 19.1. The Labute approximate surface area is 192 Å². The normalized spacial score (nSPS) is 12.2. The van der Waals surface area contributed by atoms with E-state index in [2.05, 4.69) is 15.8 Å². The highest BCUT2D eigenvalue weighted by Crippen LogP contribution is 2.26. The van der Waals surface area contributed by atoms with Gasteiger partial charge in [-0.05, 0) is 41.3 Å². The minimum absolute atomic E-state index is 0.118. The third-order valence-corrected chi connectivity index (χ3v) is 5.11. The van der Waals surface area contributed by atoms with Gasteiger partial charge in [0.1, 0.15) is 17.6 Å². The minimum Gasteiger partial charge on any atom is -0.493 e. The number of carbonyl (C=O) groups excluding carboxylic acids is 2. The van der Waals surface area contributed by atoms with Gasteiger partial charge in [0, 0.05) is 5.56 Å². The van der Waals surface area contributed by atoms with E-state index in [1.165, 1.54) is 18.2 Å². The summed E-state index contributed by atoms with van der Waals surface area (Å²) in [7, 11) is 0. The number of hydrogen-bond donors (Lipinski definition) is 2. The maximum Gasteiger partial charge on any atom is 0.262 e. The molecule has 3 aromatic rings. The number of fused-ring (bicyclic) bond motifs is 1. The van der Waals surface area contributed by atoms with Gasteiger partial charge in [-0.2, -0.15) is 5.10 Å². The van der Waals surface area contributed by atoms with Gasteiger partial charge in [-0.25, -0.2) is 9.82 Å². The lowest BCUT2D eigenvalue weighted by Crippen LogP contribution is -2.48. The van der Waals surface area contributed by atoms with Crippen molar-refractivity contribution in [1.29, 1.82) is 0 Å². The first-order chi connectivity index (χ1) is 15.9. The number of rotatable bonds is 9. The summed E-state index contributed by atoms with van der Waals surface area (Å²) in [5.74, 6) is -1.37. The van der Waals surface area contributed by atoms with Crippen LogP contribution in [-0.2, 0) is 4.79 Å². The number of benzene rings is 3. The zero-order valence-corrected chi connectivity index (χ0v) is 19.0. The van der Waals surface area contributed by atoms with Crippen molar-refractivity contribution < 1.29 is 18.7 Å². The number of ether oxygens (including phenoxy) is 1. The smallest absolute Gasteiger partial charge is 0.262 e. The van der Waals surface area contributed by atoms with Crippen molar-refractivity contribution in [1.82, 2.24) is 10.7 Å². The van der Waals surface area contributed by atoms with E-state index in [1.54, 1.807) is 26.1 Å². The van der Waals surface area contributed by atoms with Crippen molar-refractivity contribution in [3.8, 4) is 5.75 Å². The second-order valence-electron chi connectivity index (χ2n) is 7.96. The molecular weight excluding hydrogens is 421 g/mol. The van der Waals surface area contributed by atoms with E-state index >= 15 is 0 Å². The second-order valence-corrected chi connectivity index (χ2v) is 7.96. The van der Waals surface area contributed by atoms with Crippen molar-refractivity contribution >= 4 is 28.8 Å². The summed E-state index contributed by atoms with van der Waals surface area (Å²) in [6.45, 7) is 6.16.